The minimum absolute atomic E-state index is 0.151. The molecule has 2 saturated heterocycles. The molecule has 1 amide bonds. The summed E-state index contributed by atoms with van der Waals surface area (Å²) in [6, 6.07) is 0.151. The lowest BCUT2D eigenvalue weighted by Gasteiger charge is -2.37. The molecule has 0 unspecified atom stereocenters. The summed E-state index contributed by atoms with van der Waals surface area (Å²) < 4.78 is 11.0. The van der Waals surface area contributed by atoms with Gasteiger partial charge in [-0.3, -0.25) is 14.8 Å². The molecule has 3 heterocycles. The maximum Gasteiger partial charge on any atom is 0.223 e. The fraction of sp³-hybridized carbons (Fsp3) is 0.706. The molecule has 2 fully saturated rings. The Morgan fingerprint density at radius 3 is 2.87 bits per heavy atom. The number of rotatable bonds is 5. The van der Waals surface area contributed by atoms with E-state index in [4.69, 9.17) is 9.47 Å². The highest BCUT2D eigenvalue weighted by molar-refractivity contribution is 5.77. The highest BCUT2D eigenvalue weighted by Crippen LogP contribution is 2.22. The van der Waals surface area contributed by atoms with E-state index in [1.54, 1.807) is 18.6 Å². The molecule has 1 atom stereocenters. The Labute approximate surface area is 137 Å². The van der Waals surface area contributed by atoms with Crippen molar-refractivity contribution in [2.45, 2.75) is 38.1 Å². The molecule has 3 rings (SSSR count). The van der Waals surface area contributed by atoms with Crippen LogP contribution < -0.4 is 0 Å². The van der Waals surface area contributed by atoms with E-state index < -0.39 is 0 Å². The van der Waals surface area contributed by atoms with Gasteiger partial charge in [0.1, 0.15) is 0 Å². The van der Waals surface area contributed by atoms with Crippen molar-refractivity contribution in [3.05, 3.63) is 24.3 Å². The van der Waals surface area contributed by atoms with Crippen LogP contribution in [0.3, 0.4) is 0 Å². The van der Waals surface area contributed by atoms with E-state index in [1.165, 1.54) is 0 Å². The Hall–Kier alpha value is -1.53. The van der Waals surface area contributed by atoms with Gasteiger partial charge < -0.3 is 14.4 Å². The van der Waals surface area contributed by atoms with Crippen LogP contribution in [0.4, 0.5) is 0 Å². The summed E-state index contributed by atoms with van der Waals surface area (Å²) >= 11 is 0. The molecule has 0 N–H and O–H groups in total. The number of morpholine rings is 1. The molecule has 1 aromatic rings. The molecule has 0 radical (unpaired) electrons. The van der Waals surface area contributed by atoms with Crippen molar-refractivity contribution in [3.63, 3.8) is 0 Å². The van der Waals surface area contributed by atoms with Crippen molar-refractivity contribution in [1.29, 1.82) is 0 Å². The van der Waals surface area contributed by atoms with Crippen molar-refractivity contribution in [2.24, 2.45) is 5.92 Å². The van der Waals surface area contributed by atoms with Crippen LogP contribution in [0.5, 0.6) is 0 Å². The second kappa shape index (κ2) is 8.36. The Morgan fingerprint density at radius 2 is 2.09 bits per heavy atom. The monoisotopic (exact) mass is 319 g/mol. The molecule has 0 spiro atoms. The van der Waals surface area contributed by atoms with Crippen molar-refractivity contribution in [2.75, 3.05) is 33.0 Å². The second-order valence-electron chi connectivity index (χ2n) is 6.31. The molecule has 0 saturated carbocycles. The average Bonchev–Trinajstić information content (AvgIpc) is 2.62. The molecule has 23 heavy (non-hydrogen) atoms. The highest BCUT2D eigenvalue weighted by Gasteiger charge is 2.29. The zero-order valence-corrected chi connectivity index (χ0v) is 13.5. The molecule has 2 aliphatic heterocycles. The summed E-state index contributed by atoms with van der Waals surface area (Å²) in [6.07, 6.45) is 9.52. The Kier molecular flexibility index (Phi) is 5.93. The van der Waals surface area contributed by atoms with Crippen molar-refractivity contribution in [3.8, 4) is 0 Å². The van der Waals surface area contributed by atoms with E-state index in [0.717, 1.165) is 44.6 Å². The summed E-state index contributed by atoms with van der Waals surface area (Å²) in [5, 5.41) is 0. The summed E-state index contributed by atoms with van der Waals surface area (Å²) in [6.45, 7) is 3.54. The SMILES string of the molecule is O=C(CC1CCOCC1)N1CCOC[C@H]1CCc1cnccn1. The number of aromatic nitrogens is 2. The zero-order chi connectivity index (χ0) is 15.9. The molecular weight excluding hydrogens is 294 g/mol. The van der Waals surface area contributed by atoms with Gasteiger partial charge in [0.05, 0.1) is 24.9 Å². The van der Waals surface area contributed by atoms with Crippen LogP contribution in [0.25, 0.3) is 0 Å². The fourth-order valence-electron chi connectivity index (χ4n) is 3.31. The second-order valence-corrected chi connectivity index (χ2v) is 6.31. The van der Waals surface area contributed by atoms with Crippen LogP contribution in [0.15, 0.2) is 18.6 Å². The van der Waals surface area contributed by atoms with E-state index in [-0.39, 0.29) is 11.9 Å². The predicted octanol–water partition coefficient (Wildman–Crippen LogP) is 1.45. The van der Waals surface area contributed by atoms with Gasteiger partial charge >= 0.3 is 0 Å². The lowest BCUT2D eigenvalue weighted by atomic mass is 9.95. The van der Waals surface area contributed by atoms with E-state index in [2.05, 4.69) is 9.97 Å². The van der Waals surface area contributed by atoms with Crippen LogP contribution in [0.1, 0.15) is 31.4 Å². The number of hydrogen-bond donors (Lipinski definition) is 0. The first kappa shape index (κ1) is 16.3. The van der Waals surface area contributed by atoms with E-state index in [1.807, 2.05) is 4.90 Å². The third-order valence-electron chi connectivity index (χ3n) is 4.70. The third-order valence-corrected chi connectivity index (χ3v) is 4.70. The van der Waals surface area contributed by atoms with Gasteiger partial charge in [-0.05, 0) is 31.6 Å². The molecule has 126 valence electrons. The lowest BCUT2D eigenvalue weighted by Crippen LogP contribution is -2.49. The molecule has 6 nitrogen and oxygen atoms in total. The molecular formula is C17H25N3O3. The summed E-state index contributed by atoms with van der Waals surface area (Å²) in [7, 11) is 0. The number of aryl methyl sites for hydroxylation is 1. The van der Waals surface area contributed by atoms with Crippen LogP contribution in [-0.4, -0.2) is 59.8 Å². The normalized spacial score (nSPS) is 23.0. The van der Waals surface area contributed by atoms with Crippen molar-refractivity contribution in [1.82, 2.24) is 14.9 Å². The number of nitrogens with zero attached hydrogens (tertiary/aromatic N) is 3. The zero-order valence-electron chi connectivity index (χ0n) is 13.5. The van der Waals surface area contributed by atoms with Gasteiger partial charge in [-0.15, -0.1) is 0 Å². The minimum atomic E-state index is 0.151. The van der Waals surface area contributed by atoms with Gasteiger partial charge in [0, 0.05) is 44.8 Å². The van der Waals surface area contributed by atoms with Crippen molar-refractivity contribution < 1.29 is 14.3 Å². The van der Waals surface area contributed by atoms with Crippen molar-refractivity contribution >= 4 is 5.91 Å². The third kappa shape index (κ3) is 4.72. The maximum absolute atomic E-state index is 12.7. The number of amides is 1. The van der Waals surface area contributed by atoms with E-state index in [9.17, 15) is 4.79 Å². The maximum atomic E-state index is 12.7. The van der Waals surface area contributed by atoms with Gasteiger partial charge in [-0.2, -0.15) is 0 Å². The van der Waals surface area contributed by atoms with Gasteiger partial charge in [0.15, 0.2) is 0 Å². The van der Waals surface area contributed by atoms with Gasteiger partial charge in [0.25, 0.3) is 0 Å². The molecule has 6 heteroatoms. The highest BCUT2D eigenvalue weighted by atomic mass is 16.5. The lowest BCUT2D eigenvalue weighted by molar-refractivity contribution is -0.141. The quantitative estimate of drug-likeness (QED) is 0.822. The first-order valence-electron chi connectivity index (χ1n) is 8.53. The molecule has 0 aromatic carbocycles. The molecule has 0 bridgehead atoms. The van der Waals surface area contributed by atoms with Gasteiger partial charge in [-0.1, -0.05) is 0 Å². The van der Waals surface area contributed by atoms with E-state index >= 15 is 0 Å². The standard InChI is InChI=1S/C17H25N3O3/c21-17(11-14-3-8-22-9-4-14)20-7-10-23-13-16(20)2-1-15-12-18-5-6-19-15/h5-6,12,14,16H,1-4,7-11,13H2/t16-/m1/s1. The topological polar surface area (TPSA) is 64.5 Å². The van der Waals surface area contributed by atoms with E-state index in [0.29, 0.717) is 32.1 Å². The van der Waals surface area contributed by atoms with Gasteiger partial charge in [0.2, 0.25) is 5.91 Å². The Bertz CT molecular complexity index is 491. The minimum Gasteiger partial charge on any atom is -0.381 e. The summed E-state index contributed by atoms with van der Waals surface area (Å²) in [5.74, 6) is 0.740. The Morgan fingerprint density at radius 1 is 1.22 bits per heavy atom. The average molecular weight is 319 g/mol. The fourth-order valence-corrected chi connectivity index (χ4v) is 3.31. The van der Waals surface area contributed by atoms with Crippen LogP contribution >= 0.6 is 0 Å². The molecule has 2 aliphatic rings. The smallest absolute Gasteiger partial charge is 0.223 e. The Balaban J connectivity index is 1.53. The summed E-state index contributed by atoms with van der Waals surface area (Å²) in [5.41, 5.74) is 0.968. The number of ether oxygens (including phenoxy) is 2. The molecule has 1 aromatic heterocycles. The van der Waals surface area contributed by atoms with Crippen LogP contribution in [0, 0.1) is 5.92 Å². The first-order valence-corrected chi connectivity index (χ1v) is 8.53. The number of carbonyl (C=O) groups is 1. The largest absolute Gasteiger partial charge is 0.381 e. The number of carbonyl (C=O) groups excluding carboxylic acids is 1. The van der Waals surface area contributed by atoms with Gasteiger partial charge in [-0.25, -0.2) is 0 Å². The molecule has 0 aliphatic carbocycles. The number of hydrogen-bond acceptors (Lipinski definition) is 5. The van der Waals surface area contributed by atoms with Crippen LogP contribution in [0.2, 0.25) is 0 Å². The summed E-state index contributed by atoms with van der Waals surface area (Å²) in [4.78, 5) is 23.1. The predicted molar refractivity (Wildman–Crippen MR) is 84.8 cm³/mol. The first-order chi connectivity index (χ1) is 11.3. The van der Waals surface area contributed by atoms with Crippen LogP contribution in [-0.2, 0) is 20.7 Å².